The fourth-order valence-electron chi connectivity index (χ4n) is 3.74. The SMILES string of the molecule is CN1Oc2cc3c(c4cccc(c24)C1=O)C(CCl)CN3C(=O)OC(C)(C)C. The molecular formula is C20H21ClN2O4. The van der Waals surface area contributed by atoms with Gasteiger partial charge in [0.05, 0.1) is 11.3 Å². The van der Waals surface area contributed by atoms with E-state index in [9.17, 15) is 9.59 Å². The highest BCUT2D eigenvalue weighted by molar-refractivity contribution is 6.19. The van der Waals surface area contributed by atoms with Gasteiger partial charge in [0, 0.05) is 36.8 Å². The van der Waals surface area contributed by atoms with Gasteiger partial charge in [-0.2, -0.15) is 5.06 Å². The van der Waals surface area contributed by atoms with Crippen LogP contribution in [-0.4, -0.2) is 42.1 Å². The molecule has 2 aromatic carbocycles. The maximum absolute atomic E-state index is 12.8. The fraction of sp³-hybridized carbons (Fsp3) is 0.400. The molecule has 2 aliphatic heterocycles. The van der Waals surface area contributed by atoms with Gasteiger partial charge in [-0.25, -0.2) is 4.79 Å². The average Bonchev–Trinajstić information content (AvgIpc) is 2.97. The van der Waals surface area contributed by atoms with E-state index >= 15 is 0 Å². The van der Waals surface area contributed by atoms with Crippen LogP contribution in [0.1, 0.15) is 42.6 Å². The minimum Gasteiger partial charge on any atom is -0.443 e. The smallest absolute Gasteiger partial charge is 0.414 e. The van der Waals surface area contributed by atoms with Crippen LogP contribution in [0.25, 0.3) is 10.8 Å². The van der Waals surface area contributed by atoms with Gasteiger partial charge >= 0.3 is 6.09 Å². The molecule has 0 bridgehead atoms. The largest absolute Gasteiger partial charge is 0.443 e. The molecule has 4 rings (SSSR count). The highest BCUT2D eigenvalue weighted by Crippen LogP contribution is 2.48. The van der Waals surface area contributed by atoms with Gasteiger partial charge in [0.15, 0.2) is 5.75 Å². The number of rotatable bonds is 1. The van der Waals surface area contributed by atoms with E-state index in [4.69, 9.17) is 21.2 Å². The topological polar surface area (TPSA) is 59.1 Å². The van der Waals surface area contributed by atoms with Crippen LogP contribution in [0.3, 0.4) is 0 Å². The number of anilines is 1. The summed E-state index contributed by atoms with van der Waals surface area (Å²) in [4.78, 5) is 32.6. The number of benzene rings is 2. The number of hydrogen-bond donors (Lipinski definition) is 0. The number of halogens is 1. The minimum absolute atomic E-state index is 0.0479. The lowest BCUT2D eigenvalue weighted by Crippen LogP contribution is -2.36. The van der Waals surface area contributed by atoms with Crippen molar-refractivity contribution in [2.24, 2.45) is 0 Å². The van der Waals surface area contributed by atoms with Crippen LogP contribution < -0.4 is 9.74 Å². The van der Waals surface area contributed by atoms with Gasteiger partial charge in [-0.1, -0.05) is 12.1 Å². The van der Waals surface area contributed by atoms with Crippen molar-refractivity contribution >= 4 is 40.1 Å². The van der Waals surface area contributed by atoms with Crippen molar-refractivity contribution in [2.45, 2.75) is 32.3 Å². The first-order valence-corrected chi connectivity index (χ1v) is 9.37. The molecule has 1 unspecified atom stereocenters. The Morgan fingerprint density at radius 1 is 1.37 bits per heavy atom. The van der Waals surface area contributed by atoms with E-state index in [2.05, 4.69) is 0 Å². The van der Waals surface area contributed by atoms with E-state index in [0.29, 0.717) is 23.7 Å². The molecule has 0 radical (unpaired) electrons. The first-order chi connectivity index (χ1) is 12.7. The zero-order chi connectivity index (χ0) is 19.5. The predicted octanol–water partition coefficient (Wildman–Crippen LogP) is 4.30. The number of hydrogen-bond acceptors (Lipinski definition) is 4. The first kappa shape index (κ1) is 17.9. The predicted molar refractivity (Wildman–Crippen MR) is 104 cm³/mol. The molecule has 27 heavy (non-hydrogen) atoms. The Morgan fingerprint density at radius 3 is 2.78 bits per heavy atom. The third-order valence-corrected chi connectivity index (χ3v) is 5.17. The summed E-state index contributed by atoms with van der Waals surface area (Å²) in [7, 11) is 1.57. The average molecular weight is 389 g/mol. The lowest BCUT2D eigenvalue weighted by atomic mass is 9.92. The summed E-state index contributed by atoms with van der Waals surface area (Å²) in [6.07, 6.45) is -0.417. The van der Waals surface area contributed by atoms with E-state index in [1.807, 2.05) is 32.9 Å². The van der Waals surface area contributed by atoms with E-state index in [-0.39, 0.29) is 11.8 Å². The second-order valence-corrected chi connectivity index (χ2v) is 8.18. The molecule has 0 aromatic heterocycles. The van der Waals surface area contributed by atoms with Gasteiger partial charge in [0.25, 0.3) is 5.91 Å². The molecule has 0 N–H and O–H groups in total. The van der Waals surface area contributed by atoms with Gasteiger partial charge in [-0.3, -0.25) is 9.69 Å². The number of nitrogens with zero attached hydrogens (tertiary/aromatic N) is 2. The van der Waals surface area contributed by atoms with E-state index in [1.165, 1.54) is 5.06 Å². The van der Waals surface area contributed by atoms with Gasteiger partial charge in [0.1, 0.15) is 5.60 Å². The summed E-state index contributed by atoms with van der Waals surface area (Å²) >= 11 is 6.23. The van der Waals surface area contributed by atoms with Crippen LogP contribution in [0, 0.1) is 0 Å². The second kappa shape index (κ2) is 6.02. The third kappa shape index (κ3) is 2.79. The molecule has 2 aromatic rings. The number of hydroxylamine groups is 2. The molecule has 2 amide bonds. The Balaban J connectivity index is 1.92. The van der Waals surface area contributed by atoms with Crippen LogP contribution in [0.5, 0.6) is 5.75 Å². The quantitative estimate of drug-likeness (QED) is 0.683. The summed E-state index contributed by atoms with van der Waals surface area (Å²) in [5.41, 5.74) is 1.66. The van der Waals surface area contributed by atoms with Crippen molar-refractivity contribution < 1.29 is 19.2 Å². The highest BCUT2D eigenvalue weighted by Gasteiger charge is 2.38. The maximum Gasteiger partial charge on any atom is 0.414 e. The summed E-state index contributed by atoms with van der Waals surface area (Å²) in [6, 6.07) is 7.39. The van der Waals surface area contributed by atoms with Gasteiger partial charge in [0.2, 0.25) is 0 Å². The van der Waals surface area contributed by atoms with Crippen molar-refractivity contribution in [3.8, 4) is 5.75 Å². The normalized spacial score (nSPS) is 18.6. The maximum atomic E-state index is 12.8. The standard InChI is InChI=1S/C20H21ClN2O4/c1-20(2,3)26-19(25)23-10-11(9-21)16-12-6-5-7-13-17(12)15(8-14(16)23)27-22(4)18(13)24/h5-8,11H,9-10H2,1-4H3. The molecule has 0 saturated carbocycles. The number of carbonyl (C=O) groups is 2. The summed E-state index contributed by atoms with van der Waals surface area (Å²) < 4.78 is 5.57. The van der Waals surface area contributed by atoms with Gasteiger partial charge in [-0.15, -0.1) is 11.6 Å². The molecule has 7 heteroatoms. The van der Waals surface area contributed by atoms with Crippen molar-refractivity contribution in [3.05, 3.63) is 35.4 Å². The van der Waals surface area contributed by atoms with Gasteiger partial charge in [-0.05, 0) is 37.8 Å². The molecule has 2 aliphatic rings. The van der Waals surface area contributed by atoms with Crippen LogP contribution in [0.2, 0.25) is 0 Å². The number of fused-ring (bicyclic) bond motifs is 2. The Hall–Kier alpha value is -2.47. The Kier molecular flexibility index (Phi) is 4.00. The molecule has 142 valence electrons. The first-order valence-electron chi connectivity index (χ1n) is 8.83. The zero-order valence-electron chi connectivity index (χ0n) is 15.7. The molecule has 0 fully saturated rings. The molecule has 0 spiro atoms. The van der Waals surface area contributed by atoms with Crippen molar-refractivity contribution in [1.29, 1.82) is 0 Å². The monoisotopic (exact) mass is 388 g/mol. The summed E-state index contributed by atoms with van der Waals surface area (Å²) in [6.45, 7) is 5.93. The summed E-state index contributed by atoms with van der Waals surface area (Å²) in [5.74, 6) is 0.663. The fourth-order valence-corrected chi connectivity index (χ4v) is 3.99. The number of amides is 2. The Morgan fingerprint density at radius 2 is 2.11 bits per heavy atom. The number of carbonyl (C=O) groups excluding carboxylic acids is 2. The molecule has 6 nitrogen and oxygen atoms in total. The molecule has 0 saturated heterocycles. The molecule has 1 atom stereocenters. The second-order valence-electron chi connectivity index (χ2n) is 7.87. The Bertz CT molecular complexity index is 967. The Labute approximate surface area is 162 Å². The minimum atomic E-state index is -0.599. The lowest BCUT2D eigenvalue weighted by Gasteiger charge is -2.28. The molecule has 0 aliphatic carbocycles. The van der Waals surface area contributed by atoms with E-state index in [1.54, 1.807) is 24.1 Å². The van der Waals surface area contributed by atoms with E-state index < -0.39 is 11.7 Å². The van der Waals surface area contributed by atoms with Crippen molar-refractivity contribution in [3.63, 3.8) is 0 Å². The van der Waals surface area contributed by atoms with Crippen molar-refractivity contribution in [1.82, 2.24) is 5.06 Å². The van der Waals surface area contributed by atoms with Crippen LogP contribution in [0.4, 0.5) is 10.5 Å². The number of alkyl halides is 1. The van der Waals surface area contributed by atoms with E-state index in [0.717, 1.165) is 22.0 Å². The third-order valence-electron chi connectivity index (χ3n) is 4.80. The zero-order valence-corrected chi connectivity index (χ0v) is 16.5. The summed E-state index contributed by atoms with van der Waals surface area (Å²) in [5, 5.41) is 2.86. The lowest BCUT2D eigenvalue weighted by molar-refractivity contribution is -0.0156. The van der Waals surface area contributed by atoms with Crippen LogP contribution in [-0.2, 0) is 4.74 Å². The van der Waals surface area contributed by atoms with Crippen LogP contribution >= 0.6 is 11.6 Å². The van der Waals surface area contributed by atoms with Gasteiger partial charge < -0.3 is 9.57 Å². The molecule has 2 heterocycles. The number of ether oxygens (including phenoxy) is 1. The molecular weight excluding hydrogens is 368 g/mol. The van der Waals surface area contributed by atoms with Crippen LogP contribution in [0.15, 0.2) is 24.3 Å². The highest BCUT2D eigenvalue weighted by atomic mass is 35.5. The van der Waals surface area contributed by atoms with Crippen molar-refractivity contribution in [2.75, 3.05) is 24.4 Å².